The average Bonchev–Trinajstić information content (AvgIpc) is 3.14. The van der Waals surface area contributed by atoms with Gasteiger partial charge in [0, 0.05) is 24.7 Å². The van der Waals surface area contributed by atoms with E-state index in [-0.39, 0.29) is 0 Å². The fourth-order valence-corrected chi connectivity index (χ4v) is 3.41. The van der Waals surface area contributed by atoms with Crippen LogP contribution in [0.3, 0.4) is 0 Å². The zero-order valence-electron chi connectivity index (χ0n) is 12.2. The summed E-state index contributed by atoms with van der Waals surface area (Å²) in [5.74, 6) is 0. The maximum absolute atomic E-state index is 3.75. The molecule has 2 heteroatoms. The maximum atomic E-state index is 3.75. The second kappa shape index (κ2) is 5.64. The molecule has 3 rings (SSSR count). The second-order valence-corrected chi connectivity index (χ2v) is 6.40. The molecule has 1 aromatic rings. The van der Waals surface area contributed by atoms with E-state index in [9.17, 15) is 0 Å². The summed E-state index contributed by atoms with van der Waals surface area (Å²) in [5, 5.41) is 3.75. The van der Waals surface area contributed by atoms with Gasteiger partial charge in [-0.15, -0.1) is 0 Å². The summed E-state index contributed by atoms with van der Waals surface area (Å²) in [6.07, 6.45) is 5.33. The van der Waals surface area contributed by atoms with Crippen molar-refractivity contribution in [1.29, 1.82) is 0 Å². The molecule has 1 saturated carbocycles. The van der Waals surface area contributed by atoms with E-state index in [1.807, 2.05) is 0 Å². The van der Waals surface area contributed by atoms with Gasteiger partial charge in [-0.2, -0.15) is 0 Å². The maximum Gasteiger partial charge on any atom is 0.0210 e. The smallest absolute Gasteiger partial charge is 0.0210 e. The molecule has 0 aromatic heterocycles. The largest absolute Gasteiger partial charge is 0.312 e. The van der Waals surface area contributed by atoms with Crippen LogP contribution in [-0.2, 0) is 6.42 Å². The van der Waals surface area contributed by atoms with Gasteiger partial charge in [-0.3, -0.25) is 4.90 Å². The number of likely N-dealkylation sites (tertiary alicyclic amines) is 1. The fourth-order valence-electron chi connectivity index (χ4n) is 3.41. The zero-order valence-corrected chi connectivity index (χ0v) is 12.2. The van der Waals surface area contributed by atoms with Gasteiger partial charge in [0.1, 0.15) is 0 Å². The molecule has 2 atom stereocenters. The third kappa shape index (κ3) is 3.37. The van der Waals surface area contributed by atoms with Crippen LogP contribution in [0.25, 0.3) is 0 Å². The van der Waals surface area contributed by atoms with E-state index in [1.165, 1.54) is 36.9 Å². The Morgan fingerprint density at radius 3 is 2.89 bits per heavy atom. The lowest BCUT2D eigenvalue weighted by atomic mass is 10.1. The Kier molecular flexibility index (Phi) is 3.90. The standard InChI is InChI=1S/C17H26N2/c1-13-4-3-5-15(10-13)8-9-18-16-11-14(2)19(12-16)17-6-7-17/h3-5,10,14,16-18H,6-9,11-12H2,1-2H3. The Morgan fingerprint density at radius 1 is 1.32 bits per heavy atom. The number of benzene rings is 1. The summed E-state index contributed by atoms with van der Waals surface area (Å²) in [4.78, 5) is 2.71. The summed E-state index contributed by atoms with van der Waals surface area (Å²) in [7, 11) is 0. The Hall–Kier alpha value is -0.860. The highest BCUT2D eigenvalue weighted by Gasteiger charge is 2.38. The fraction of sp³-hybridized carbons (Fsp3) is 0.647. The lowest BCUT2D eigenvalue weighted by Gasteiger charge is -2.19. The topological polar surface area (TPSA) is 15.3 Å². The highest BCUT2D eigenvalue weighted by Crippen LogP contribution is 2.33. The monoisotopic (exact) mass is 258 g/mol. The molecule has 0 spiro atoms. The van der Waals surface area contributed by atoms with E-state index in [1.54, 1.807) is 0 Å². The minimum Gasteiger partial charge on any atom is -0.312 e. The molecular weight excluding hydrogens is 232 g/mol. The molecule has 2 nitrogen and oxygen atoms in total. The van der Waals surface area contributed by atoms with Crippen LogP contribution < -0.4 is 5.32 Å². The number of rotatable bonds is 5. The van der Waals surface area contributed by atoms with Crippen molar-refractivity contribution < 1.29 is 0 Å². The van der Waals surface area contributed by atoms with Crippen molar-refractivity contribution in [2.24, 2.45) is 0 Å². The Morgan fingerprint density at radius 2 is 2.16 bits per heavy atom. The van der Waals surface area contributed by atoms with Crippen LogP contribution in [0.4, 0.5) is 0 Å². The van der Waals surface area contributed by atoms with Crippen LogP contribution in [0, 0.1) is 6.92 Å². The third-order valence-electron chi connectivity index (χ3n) is 4.57. The van der Waals surface area contributed by atoms with Gasteiger partial charge in [-0.05, 0) is 51.6 Å². The van der Waals surface area contributed by atoms with E-state index in [0.29, 0.717) is 6.04 Å². The van der Waals surface area contributed by atoms with Crippen molar-refractivity contribution in [3.63, 3.8) is 0 Å². The van der Waals surface area contributed by atoms with Gasteiger partial charge < -0.3 is 5.32 Å². The zero-order chi connectivity index (χ0) is 13.2. The Balaban J connectivity index is 1.43. The minimum atomic E-state index is 0.709. The molecule has 2 unspecified atom stereocenters. The normalized spacial score (nSPS) is 27.9. The first-order valence-electron chi connectivity index (χ1n) is 7.77. The van der Waals surface area contributed by atoms with Gasteiger partial charge in [-0.25, -0.2) is 0 Å². The lowest BCUT2D eigenvalue weighted by molar-refractivity contribution is 0.255. The van der Waals surface area contributed by atoms with Crippen LogP contribution in [0.1, 0.15) is 37.3 Å². The molecule has 1 aromatic carbocycles. The molecule has 104 valence electrons. The van der Waals surface area contributed by atoms with Crippen molar-refractivity contribution in [3.8, 4) is 0 Å². The summed E-state index contributed by atoms with van der Waals surface area (Å²) in [6, 6.07) is 11.3. The molecular formula is C17H26N2. The number of nitrogens with one attached hydrogen (secondary N) is 1. The Labute approximate surface area is 117 Å². The first kappa shape index (κ1) is 13.1. The van der Waals surface area contributed by atoms with Crippen LogP contribution in [-0.4, -0.2) is 36.1 Å². The van der Waals surface area contributed by atoms with Gasteiger partial charge in [0.2, 0.25) is 0 Å². The molecule has 1 heterocycles. The average molecular weight is 258 g/mol. The molecule has 2 aliphatic rings. The number of aryl methyl sites for hydroxylation is 1. The van der Waals surface area contributed by atoms with Gasteiger partial charge in [0.05, 0.1) is 0 Å². The SMILES string of the molecule is Cc1cccc(CCNC2CC(C)N(C3CC3)C2)c1. The molecule has 0 radical (unpaired) electrons. The van der Waals surface area contributed by atoms with Gasteiger partial charge in [0.15, 0.2) is 0 Å². The second-order valence-electron chi connectivity index (χ2n) is 6.40. The van der Waals surface area contributed by atoms with Gasteiger partial charge in [0.25, 0.3) is 0 Å². The lowest BCUT2D eigenvalue weighted by Crippen LogP contribution is -2.35. The molecule has 0 bridgehead atoms. The summed E-state index contributed by atoms with van der Waals surface area (Å²) >= 11 is 0. The van der Waals surface area contributed by atoms with Crippen LogP contribution in [0.2, 0.25) is 0 Å². The van der Waals surface area contributed by atoms with E-state index in [4.69, 9.17) is 0 Å². The highest BCUT2D eigenvalue weighted by molar-refractivity contribution is 5.22. The Bertz CT molecular complexity index is 425. The first-order chi connectivity index (χ1) is 9.22. The van der Waals surface area contributed by atoms with Gasteiger partial charge >= 0.3 is 0 Å². The summed E-state index contributed by atoms with van der Waals surface area (Å²) in [6.45, 7) is 6.93. The van der Waals surface area contributed by atoms with Crippen molar-refractivity contribution in [3.05, 3.63) is 35.4 Å². The predicted molar refractivity (Wildman–Crippen MR) is 80.5 cm³/mol. The van der Waals surface area contributed by atoms with Crippen LogP contribution >= 0.6 is 0 Å². The molecule has 1 aliphatic carbocycles. The van der Waals surface area contributed by atoms with E-state index < -0.39 is 0 Å². The number of nitrogens with zero attached hydrogens (tertiary/aromatic N) is 1. The van der Waals surface area contributed by atoms with Gasteiger partial charge in [-0.1, -0.05) is 29.8 Å². The molecule has 2 fully saturated rings. The molecule has 19 heavy (non-hydrogen) atoms. The number of hydrogen-bond donors (Lipinski definition) is 1. The third-order valence-corrected chi connectivity index (χ3v) is 4.57. The summed E-state index contributed by atoms with van der Waals surface area (Å²) in [5.41, 5.74) is 2.82. The first-order valence-corrected chi connectivity index (χ1v) is 7.77. The quantitative estimate of drug-likeness (QED) is 0.873. The molecule has 0 amide bonds. The number of hydrogen-bond acceptors (Lipinski definition) is 2. The van der Waals surface area contributed by atoms with Crippen molar-refractivity contribution >= 4 is 0 Å². The molecule has 1 N–H and O–H groups in total. The van der Waals surface area contributed by atoms with Crippen LogP contribution in [0.15, 0.2) is 24.3 Å². The molecule has 1 aliphatic heterocycles. The van der Waals surface area contributed by atoms with E-state index >= 15 is 0 Å². The van der Waals surface area contributed by atoms with Crippen molar-refractivity contribution in [1.82, 2.24) is 10.2 Å². The van der Waals surface area contributed by atoms with Crippen molar-refractivity contribution in [2.45, 2.75) is 57.7 Å². The highest BCUT2D eigenvalue weighted by atomic mass is 15.3. The van der Waals surface area contributed by atoms with E-state index in [0.717, 1.165) is 25.0 Å². The van der Waals surface area contributed by atoms with E-state index in [2.05, 4.69) is 48.3 Å². The summed E-state index contributed by atoms with van der Waals surface area (Å²) < 4.78 is 0. The molecule has 1 saturated heterocycles. The predicted octanol–water partition coefficient (Wildman–Crippen LogP) is 2.75. The van der Waals surface area contributed by atoms with Crippen molar-refractivity contribution in [2.75, 3.05) is 13.1 Å². The van der Waals surface area contributed by atoms with Crippen LogP contribution in [0.5, 0.6) is 0 Å². The minimum absolute atomic E-state index is 0.709.